The summed E-state index contributed by atoms with van der Waals surface area (Å²) in [5.41, 5.74) is 2.71. The van der Waals surface area contributed by atoms with Gasteiger partial charge in [0.1, 0.15) is 12.3 Å². The molecule has 3 aromatic rings. The van der Waals surface area contributed by atoms with E-state index in [4.69, 9.17) is 4.74 Å². The first kappa shape index (κ1) is 19.3. The number of aromatic nitrogens is 2. The highest BCUT2D eigenvalue weighted by Gasteiger charge is 2.23. The molecule has 1 aromatic heterocycles. The van der Waals surface area contributed by atoms with Crippen molar-refractivity contribution in [3.63, 3.8) is 0 Å². The molecule has 0 N–H and O–H groups in total. The van der Waals surface area contributed by atoms with Crippen LogP contribution >= 0.6 is 0 Å². The third kappa shape index (κ3) is 3.91. The molecular weight excluding hydrogens is 368 g/mol. The van der Waals surface area contributed by atoms with E-state index in [1.165, 1.54) is 5.56 Å². The Balaban J connectivity index is 1.37. The number of imidazole rings is 1. The number of rotatable bonds is 5. The number of benzene rings is 2. The van der Waals surface area contributed by atoms with E-state index in [9.17, 15) is 9.59 Å². The lowest BCUT2D eigenvalue weighted by Gasteiger charge is -2.34. The van der Waals surface area contributed by atoms with Crippen LogP contribution in [0.3, 0.4) is 0 Å². The fourth-order valence-corrected chi connectivity index (χ4v) is 3.90. The predicted octanol–water partition coefficient (Wildman–Crippen LogP) is 1.69. The third-order valence-corrected chi connectivity index (χ3v) is 5.64. The van der Waals surface area contributed by atoms with Gasteiger partial charge in [0, 0.05) is 39.8 Å². The second kappa shape index (κ2) is 8.13. The Kier molecular flexibility index (Phi) is 5.40. The number of ether oxygens (including phenoxy) is 1. The summed E-state index contributed by atoms with van der Waals surface area (Å²) in [6, 6.07) is 15.7. The summed E-state index contributed by atoms with van der Waals surface area (Å²) >= 11 is 0. The highest BCUT2D eigenvalue weighted by atomic mass is 16.5. The number of para-hydroxylation sites is 2. The largest absolute Gasteiger partial charge is 0.497 e. The summed E-state index contributed by atoms with van der Waals surface area (Å²) in [7, 11) is 3.40. The van der Waals surface area contributed by atoms with Crippen molar-refractivity contribution in [3.05, 3.63) is 64.6 Å². The number of nitrogens with zero attached hydrogens (tertiary/aromatic N) is 4. The summed E-state index contributed by atoms with van der Waals surface area (Å²) in [6.45, 7) is 3.93. The van der Waals surface area contributed by atoms with Gasteiger partial charge in [0.25, 0.3) is 0 Å². The van der Waals surface area contributed by atoms with Crippen LogP contribution in [0.1, 0.15) is 5.56 Å². The van der Waals surface area contributed by atoms with Gasteiger partial charge in [-0.3, -0.25) is 18.8 Å². The summed E-state index contributed by atoms with van der Waals surface area (Å²) < 4.78 is 8.37. The zero-order chi connectivity index (χ0) is 20.4. The van der Waals surface area contributed by atoms with Crippen LogP contribution < -0.4 is 10.4 Å². The number of fused-ring (bicyclic) bond motifs is 1. The molecule has 152 valence electrons. The molecule has 1 aliphatic rings. The molecule has 1 fully saturated rings. The number of aryl methyl sites for hydroxylation is 1. The highest BCUT2D eigenvalue weighted by Crippen LogP contribution is 2.15. The van der Waals surface area contributed by atoms with Crippen molar-refractivity contribution >= 4 is 16.9 Å². The average Bonchev–Trinajstić information content (AvgIpc) is 3.00. The van der Waals surface area contributed by atoms with E-state index in [1.54, 1.807) is 23.3 Å². The minimum Gasteiger partial charge on any atom is -0.497 e. The maximum atomic E-state index is 12.8. The van der Waals surface area contributed by atoms with Crippen LogP contribution in [0.25, 0.3) is 11.0 Å². The SMILES string of the molecule is COc1ccc(CN2CCN(C(=O)Cn3c(=O)n(C)c4ccccc43)CC2)cc1. The summed E-state index contributed by atoms with van der Waals surface area (Å²) in [5, 5.41) is 0. The molecular formula is C22H26N4O3. The molecule has 0 bridgehead atoms. The second-order valence-electron chi connectivity index (χ2n) is 7.42. The van der Waals surface area contributed by atoms with Crippen molar-refractivity contribution in [2.45, 2.75) is 13.1 Å². The summed E-state index contributed by atoms with van der Waals surface area (Å²) in [6.07, 6.45) is 0. The molecule has 2 aromatic carbocycles. The van der Waals surface area contributed by atoms with Crippen molar-refractivity contribution in [3.8, 4) is 5.75 Å². The second-order valence-corrected chi connectivity index (χ2v) is 7.42. The van der Waals surface area contributed by atoms with Gasteiger partial charge in [-0.2, -0.15) is 0 Å². The maximum absolute atomic E-state index is 12.8. The molecule has 0 spiro atoms. The smallest absolute Gasteiger partial charge is 0.329 e. The van der Waals surface area contributed by atoms with Gasteiger partial charge in [-0.05, 0) is 29.8 Å². The van der Waals surface area contributed by atoms with Crippen molar-refractivity contribution in [1.29, 1.82) is 0 Å². The molecule has 7 heteroatoms. The van der Waals surface area contributed by atoms with Crippen molar-refractivity contribution < 1.29 is 9.53 Å². The van der Waals surface area contributed by atoms with E-state index < -0.39 is 0 Å². The zero-order valence-electron chi connectivity index (χ0n) is 16.9. The Labute approximate surface area is 169 Å². The predicted molar refractivity (Wildman–Crippen MR) is 112 cm³/mol. The van der Waals surface area contributed by atoms with E-state index in [1.807, 2.05) is 41.3 Å². The molecule has 1 amide bonds. The first-order chi connectivity index (χ1) is 14.1. The van der Waals surface area contributed by atoms with Gasteiger partial charge in [-0.15, -0.1) is 0 Å². The van der Waals surface area contributed by atoms with Crippen LogP contribution in [0, 0.1) is 0 Å². The van der Waals surface area contributed by atoms with Gasteiger partial charge < -0.3 is 9.64 Å². The van der Waals surface area contributed by atoms with Crippen LogP contribution in [0.4, 0.5) is 0 Å². The normalized spacial score (nSPS) is 15.0. The zero-order valence-corrected chi connectivity index (χ0v) is 16.9. The van der Waals surface area contributed by atoms with E-state index in [2.05, 4.69) is 17.0 Å². The number of carbonyl (C=O) groups is 1. The number of piperazine rings is 1. The number of hydrogen-bond donors (Lipinski definition) is 0. The average molecular weight is 394 g/mol. The van der Waals surface area contributed by atoms with Gasteiger partial charge in [0.15, 0.2) is 0 Å². The summed E-state index contributed by atoms with van der Waals surface area (Å²) in [5.74, 6) is 0.848. The fraction of sp³-hybridized carbons (Fsp3) is 0.364. The highest BCUT2D eigenvalue weighted by molar-refractivity contribution is 5.81. The molecule has 1 aliphatic heterocycles. The van der Waals surface area contributed by atoms with Crippen molar-refractivity contribution in [1.82, 2.24) is 18.9 Å². The van der Waals surface area contributed by atoms with Crippen LogP contribution in [0.2, 0.25) is 0 Å². The molecule has 0 radical (unpaired) electrons. The molecule has 1 saturated heterocycles. The fourth-order valence-electron chi connectivity index (χ4n) is 3.90. The Morgan fingerprint density at radius 2 is 1.62 bits per heavy atom. The number of methoxy groups -OCH3 is 1. The first-order valence-electron chi connectivity index (χ1n) is 9.84. The lowest BCUT2D eigenvalue weighted by atomic mass is 10.2. The lowest BCUT2D eigenvalue weighted by Crippen LogP contribution is -2.49. The number of amides is 1. The molecule has 0 saturated carbocycles. The quantitative estimate of drug-likeness (QED) is 0.661. The maximum Gasteiger partial charge on any atom is 0.329 e. The van der Waals surface area contributed by atoms with Gasteiger partial charge in [-0.25, -0.2) is 4.79 Å². The topological polar surface area (TPSA) is 59.7 Å². The van der Waals surface area contributed by atoms with Gasteiger partial charge >= 0.3 is 5.69 Å². The van der Waals surface area contributed by atoms with Crippen LogP contribution in [-0.4, -0.2) is 58.1 Å². The van der Waals surface area contributed by atoms with Gasteiger partial charge in [-0.1, -0.05) is 24.3 Å². The van der Waals surface area contributed by atoms with E-state index in [-0.39, 0.29) is 18.1 Å². The van der Waals surface area contributed by atoms with E-state index in [0.29, 0.717) is 13.1 Å². The molecule has 0 unspecified atom stereocenters. The van der Waals surface area contributed by atoms with Crippen molar-refractivity contribution in [2.75, 3.05) is 33.3 Å². The van der Waals surface area contributed by atoms with E-state index >= 15 is 0 Å². The van der Waals surface area contributed by atoms with Gasteiger partial charge in [0.2, 0.25) is 5.91 Å². The summed E-state index contributed by atoms with van der Waals surface area (Å²) in [4.78, 5) is 29.6. The Hall–Kier alpha value is -3.06. The number of hydrogen-bond acceptors (Lipinski definition) is 4. The van der Waals surface area contributed by atoms with Crippen LogP contribution in [0.15, 0.2) is 53.3 Å². The standard InChI is InChI=1S/C22H26N4O3/c1-23-19-5-3-4-6-20(19)26(22(23)28)16-21(27)25-13-11-24(12-14-25)15-17-7-9-18(29-2)10-8-17/h3-10H,11-16H2,1-2H3. The number of carbonyl (C=O) groups excluding carboxylic acids is 1. The first-order valence-corrected chi connectivity index (χ1v) is 9.84. The minimum atomic E-state index is -0.155. The van der Waals surface area contributed by atoms with E-state index in [0.717, 1.165) is 36.4 Å². The minimum absolute atomic E-state index is 0.00690. The van der Waals surface area contributed by atoms with Crippen LogP contribution in [0.5, 0.6) is 5.75 Å². The van der Waals surface area contributed by atoms with Crippen LogP contribution in [-0.2, 0) is 24.9 Å². The Morgan fingerprint density at radius 3 is 2.28 bits per heavy atom. The molecule has 29 heavy (non-hydrogen) atoms. The molecule has 4 rings (SSSR count). The monoisotopic (exact) mass is 394 g/mol. The Morgan fingerprint density at radius 1 is 0.966 bits per heavy atom. The Bertz CT molecular complexity index is 1060. The molecule has 7 nitrogen and oxygen atoms in total. The van der Waals surface area contributed by atoms with Gasteiger partial charge in [0.05, 0.1) is 18.1 Å². The van der Waals surface area contributed by atoms with Crippen molar-refractivity contribution in [2.24, 2.45) is 7.05 Å². The molecule has 0 atom stereocenters. The molecule has 0 aliphatic carbocycles. The third-order valence-electron chi connectivity index (χ3n) is 5.64. The molecule has 2 heterocycles. The lowest BCUT2D eigenvalue weighted by molar-refractivity contribution is -0.133.